The van der Waals surface area contributed by atoms with E-state index in [1.165, 1.54) is 5.56 Å². The second-order valence-corrected chi connectivity index (χ2v) is 6.46. The summed E-state index contributed by atoms with van der Waals surface area (Å²) in [4.78, 5) is 14.1. The Bertz CT molecular complexity index is 671. The molecule has 0 spiro atoms. The number of benzene rings is 1. The van der Waals surface area contributed by atoms with Crippen molar-refractivity contribution in [3.05, 3.63) is 48.2 Å². The third-order valence-corrected chi connectivity index (χ3v) is 4.49. The molecule has 0 bridgehead atoms. The summed E-state index contributed by atoms with van der Waals surface area (Å²) in [7, 11) is 1.81. The number of aryl methyl sites for hydroxylation is 1. The van der Waals surface area contributed by atoms with Gasteiger partial charge in [-0.05, 0) is 30.9 Å². The number of nitrogens with zero attached hydrogens (tertiary/aromatic N) is 3. The van der Waals surface area contributed by atoms with E-state index in [0.29, 0.717) is 12.4 Å². The minimum absolute atomic E-state index is 0.0950. The van der Waals surface area contributed by atoms with Crippen LogP contribution in [0.25, 0.3) is 0 Å². The Morgan fingerprint density at radius 1 is 1.33 bits per heavy atom. The molecule has 1 amide bonds. The molecule has 0 saturated carbocycles. The van der Waals surface area contributed by atoms with E-state index in [9.17, 15) is 9.90 Å². The van der Waals surface area contributed by atoms with Crippen LogP contribution in [0.1, 0.15) is 12.0 Å². The van der Waals surface area contributed by atoms with Crippen LogP contribution in [-0.2, 0) is 18.3 Å². The van der Waals surface area contributed by atoms with Gasteiger partial charge in [0.15, 0.2) is 5.82 Å². The van der Waals surface area contributed by atoms with Crippen molar-refractivity contribution in [2.45, 2.75) is 18.9 Å². The van der Waals surface area contributed by atoms with E-state index in [-0.39, 0.29) is 18.4 Å². The Labute approximate surface area is 142 Å². The standard InChI is InChI=1S/C18H24N4O2/c1-21-9-8-17(20-21)19-18(24)13-22-10-7-15(16(23)12-22)11-14-5-3-2-4-6-14/h2-6,8-9,15-16,23H,7,10-13H2,1H3,(H,19,20,24)/t15-,16+/m1/s1. The van der Waals surface area contributed by atoms with Gasteiger partial charge in [-0.2, -0.15) is 5.10 Å². The molecule has 1 aromatic carbocycles. The zero-order chi connectivity index (χ0) is 16.9. The molecule has 128 valence electrons. The first kappa shape index (κ1) is 16.7. The largest absolute Gasteiger partial charge is 0.391 e. The number of anilines is 1. The summed E-state index contributed by atoms with van der Waals surface area (Å²) < 4.78 is 1.65. The Morgan fingerprint density at radius 2 is 2.12 bits per heavy atom. The Kier molecular flexibility index (Phi) is 5.27. The molecule has 1 aliphatic heterocycles. The van der Waals surface area contributed by atoms with E-state index in [1.807, 2.05) is 30.1 Å². The summed E-state index contributed by atoms with van der Waals surface area (Å²) in [5, 5.41) is 17.3. The first-order valence-electron chi connectivity index (χ1n) is 8.34. The van der Waals surface area contributed by atoms with Crippen molar-refractivity contribution in [2.24, 2.45) is 13.0 Å². The smallest absolute Gasteiger partial charge is 0.239 e. The van der Waals surface area contributed by atoms with Crippen molar-refractivity contribution < 1.29 is 9.90 Å². The van der Waals surface area contributed by atoms with Crippen LogP contribution >= 0.6 is 0 Å². The second kappa shape index (κ2) is 7.59. The third kappa shape index (κ3) is 4.43. The van der Waals surface area contributed by atoms with Gasteiger partial charge in [-0.3, -0.25) is 14.4 Å². The van der Waals surface area contributed by atoms with Gasteiger partial charge in [0.05, 0.1) is 12.6 Å². The molecule has 2 atom stereocenters. The quantitative estimate of drug-likeness (QED) is 0.867. The molecule has 24 heavy (non-hydrogen) atoms. The van der Waals surface area contributed by atoms with E-state index in [1.54, 1.807) is 16.9 Å². The summed E-state index contributed by atoms with van der Waals surface area (Å²) in [6.45, 7) is 1.64. The number of aromatic nitrogens is 2. The van der Waals surface area contributed by atoms with Crippen LogP contribution < -0.4 is 5.32 Å². The van der Waals surface area contributed by atoms with Crippen LogP contribution in [-0.4, -0.2) is 51.4 Å². The number of aliphatic hydroxyl groups excluding tert-OH is 1. The van der Waals surface area contributed by atoms with Crippen LogP contribution in [0.4, 0.5) is 5.82 Å². The van der Waals surface area contributed by atoms with Crippen LogP contribution in [0.5, 0.6) is 0 Å². The first-order chi connectivity index (χ1) is 11.6. The lowest BCUT2D eigenvalue weighted by Gasteiger charge is -2.35. The molecule has 2 heterocycles. The highest BCUT2D eigenvalue weighted by Gasteiger charge is 2.28. The van der Waals surface area contributed by atoms with Crippen molar-refractivity contribution >= 4 is 11.7 Å². The molecule has 1 saturated heterocycles. The fraction of sp³-hybridized carbons (Fsp3) is 0.444. The number of likely N-dealkylation sites (tertiary alicyclic amines) is 1. The molecule has 6 heteroatoms. The highest BCUT2D eigenvalue weighted by atomic mass is 16.3. The number of hydrogen-bond donors (Lipinski definition) is 2. The second-order valence-electron chi connectivity index (χ2n) is 6.46. The van der Waals surface area contributed by atoms with Gasteiger partial charge in [-0.25, -0.2) is 0 Å². The molecule has 0 unspecified atom stereocenters. The number of carbonyl (C=O) groups is 1. The number of carbonyl (C=O) groups excluding carboxylic acids is 1. The molecule has 2 N–H and O–H groups in total. The normalized spacial score (nSPS) is 21.6. The predicted molar refractivity (Wildman–Crippen MR) is 92.5 cm³/mol. The summed E-state index contributed by atoms with van der Waals surface area (Å²) in [6.07, 6.45) is 3.17. The van der Waals surface area contributed by atoms with Crippen LogP contribution in [0, 0.1) is 5.92 Å². The Morgan fingerprint density at radius 3 is 2.79 bits per heavy atom. The molecule has 0 aliphatic carbocycles. The van der Waals surface area contributed by atoms with Gasteiger partial charge in [-0.1, -0.05) is 30.3 Å². The number of amides is 1. The van der Waals surface area contributed by atoms with Crippen LogP contribution in [0.15, 0.2) is 42.6 Å². The molecule has 1 aromatic heterocycles. The van der Waals surface area contributed by atoms with Gasteiger partial charge in [-0.15, -0.1) is 0 Å². The molecule has 2 aromatic rings. The molecule has 1 aliphatic rings. The first-order valence-corrected chi connectivity index (χ1v) is 8.34. The van der Waals surface area contributed by atoms with E-state index in [4.69, 9.17) is 0 Å². The number of nitrogens with one attached hydrogen (secondary N) is 1. The Balaban J connectivity index is 1.47. The average Bonchev–Trinajstić information content (AvgIpc) is 2.96. The maximum absolute atomic E-state index is 12.1. The lowest BCUT2D eigenvalue weighted by atomic mass is 9.88. The van der Waals surface area contributed by atoms with Gasteiger partial charge in [0.25, 0.3) is 0 Å². The number of rotatable bonds is 5. The molecule has 1 fully saturated rings. The fourth-order valence-electron chi connectivity index (χ4n) is 3.21. The molecule has 3 rings (SSSR count). The minimum Gasteiger partial charge on any atom is -0.391 e. The van der Waals surface area contributed by atoms with Crippen LogP contribution in [0.3, 0.4) is 0 Å². The number of aliphatic hydroxyl groups is 1. The Hall–Kier alpha value is -2.18. The molecule has 0 radical (unpaired) electrons. The summed E-state index contributed by atoms with van der Waals surface area (Å²) in [6, 6.07) is 12.0. The van der Waals surface area contributed by atoms with Gasteiger partial charge >= 0.3 is 0 Å². The van der Waals surface area contributed by atoms with Gasteiger partial charge in [0.2, 0.25) is 5.91 Å². The third-order valence-electron chi connectivity index (χ3n) is 4.49. The molecule has 6 nitrogen and oxygen atoms in total. The number of piperidine rings is 1. The highest BCUT2D eigenvalue weighted by molar-refractivity contribution is 5.91. The van der Waals surface area contributed by atoms with Crippen molar-refractivity contribution in [2.75, 3.05) is 25.0 Å². The van der Waals surface area contributed by atoms with Crippen LogP contribution in [0.2, 0.25) is 0 Å². The SMILES string of the molecule is Cn1ccc(NC(=O)CN2CC[C@H](Cc3ccccc3)[C@@H](O)C2)n1. The lowest BCUT2D eigenvalue weighted by molar-refractivity contribution is -0.118. The van der Waals surface area contributed by atoms with Crippen molar-refractivity contribution in [1.29, 1.82) is 0 Å². The van der Waals surface area contributed by atoms with E-state index < -0.39 is 6.10 Å². The summed E-state index contributed by atoms with van der Waals surface area (Å²) in [5.74, 6) is 0.715. The predicted octanol–water partition coefficient (Wildman–Crippen LogP) is 1.28. The zero-order valence-electron chi connectivity index (χ0n) is 13.9. The topological polar surface area (TPSA) is 70.4 Å². The van der Waals surface area contributed by atoms with E-state index in [2.05, 4.69) is 22.5 Å². The summed E-state index contributed by atoms with van der Waals surface area (Å²) >= 11 is 0. The average molecular weight is 328 g/mol. The monoisotopic (exact) mass is 328 g/mol. The van der Waals surface area contributed by atoms with Crippen molar-refractivity contribution in [1.82, 2.24) is 14.7 Å². The van der Waals surface area contributed by atoms with Crippen molar-refractivity contribution in [3.8, 4) is 0 Å². The van der Waals surface area contributed by atoms with Gasteiger partial charge in [0, 0.05) is 25.9 Å². The highest BCUT2D eigenvalue weighted by Crippen LogP contribution is 2.22. The van der Waals surface area contributed by atoms with Gasteiger partial charge in [0.1, 0.15) is 0 Å². The number of β-amino-alcohol motifs (C(OH)–C–C–N with tert-alkyl or cyclic N) is 1. The lowest BCUT2D eigenvalue weighted by Crippen LogP contribution is -2.47. The molecular formula is C18H24N4O2. The number of hydrogen-bond acceptors (Lipinski definition) is 4. The molecular weight excluding hydrogens is 304 g/mol. The zero-order valence-corrected chi connectivity index (χ0v) is 13.9. The fourth-order valence-corrected chi connectivity index (χ4v) is 3.21. The van der Waals surface area contributed by atoms with E-state index >= 15 is 0 Å². The summed E-state index contributed by atoms with van der Waals surface area (Å²) in [5.41, 5.74) is 1.25. The van der Waals surface area contributed by atoms with Crippen molar-refractivity contribution in [3.63, 3.8) is 0 Å². The maximum Gasteiger partial charge on any atom is 0.239 e. The minimum atomic E-state index is -0.401. The van der Waals surface area contributed by atoms with E-state index in [0.717, 1.165) is 19.4 Å². The van der Waals surface area contributed by atoms with Gasteiger partial charge < -0.3 is 10.4 Å². The maximum atomic E-state index is 12.1.